The van der Waals surface area contributed by atoms with E-state index in [4.69, 9.17) is 9.15 Å². The van der Waals surface area contributed by atoms with Crippen LogP contribution in [0.2, 0.25) is 0 Å². The lowest BCUT2D eigenvalue weighted by Crippen LogP contribution is -2.36. The number of carbonyl (C=O) groups excluding carboxylic acids is 1. The second kappa shape index (κ2) is 7.06. The highest BCUT2D eigenvalue weighted by molar-refractivity contribution is 9.10. The Labute approximate surface area is 160 Å². The van der Waals surface area contributed by atoms with Gasteiger partial charge in [0.2, 0.25) is 0 Å². The molecule has 1 heterocycles. The number of hydrogen-bond acceptors (Lipinski definition) is 3. The summed E-state index contributed by atoms with van der Waals surface area (Å²) in [6.07, 6.45) is 3.15. The zero-order valence-corrected chi connectivity index (χ0v) is 16.2. The number of carbonyl (C=O) groups is 1. The van der Waals surface area contributed by atoms with Crippen LogP contribution in [-0.4, -0.2) is 23.5 Å². The van der Waals surface area contributed by atoms with E-state index in [0.29, 0.717) is 22.9 Å². The minimum atomic E-state index is -0.487. The molecule has 0 spiro atoms. The molecule has 6 heteroatoms. The summed E-state index contributed by atoms with van der Waals surface area (Å²) in [4.78, 5) is 14.4. The van der Waals surface area contributed by atoms with Gasteiger partial charge in [0.05, 0.1) is 6.54 Å². The lowest BCUT2D eigenvalue weighted by molar-refractivity contribution is -0.134. The maximum atomic E-state index is 13.8. The van der Waals surface area contributed by atoms with E-state index in [1.165, 1.54) is 18.6 Å². The van der Waals surface area contributed by atoms with Crippen molar-refractivity contribution in [1.82, 2.24) is 4.90 Å². The third kappa shape index (κ3) is 3.95. The predicted molar refractivity (Wildman–Crippen MR) is 98.4 cm³/mol. The van der Waals surface area contributed by atoms with Crippen LogP contribution in [0.1, 0.15) is 43.6 Å². The summed E-state index contributed by atoms with van der Waals surface area (Å²) < 4.78 is 25.8. The maximum Gasteiger partial charge on any atom is 0.261 e. The molecule has 4 nitrogen and oxygen atoms in total. The van der Waals surface area contributed by atoms with E-state index in [0.717, 1.165) is 24.4 Å². The monoisotopic (exact) mass is 421 g/mol. The van der Waals surface area contributed by atoms with E-state index in [1.54, 1.807) is 11.0 Å². The van der Waals surface area contributed by atoms with Crippen molar-refractivity contribution in [2.24, 2.45) is 5.92 Å². The van der Waals surface area contributed by atoms with Gasteiger partial charge < -0.3 is 14.1 Å². The van der Waals surface area contributed by atoms with E-state index in [9.17, 15) is 9.18 Å². The van der Waals surface area contributed by atoms with Crippen molar-refractivity contribution in [2.75, 3.05) is 6.61 Å². The minimum Gasteiger partial charge on any atom is -0.481 e. The number of amides is 1. The van der Waals surface area contributed by atoms with Crippen molar-refractivity contribution < 1.29 is 18.3 Å². The highest BCUT2D eigenvalue weighted by Gasteiger charge is 2.37. The summed E-state index contributed by atoms with van der Waals surface area (Å²) in [5.41, 5.74) is 0. The second-order valence-electron chi connectivity index (χ2n) is 7.24. The van der Waals surface area contributed by atoms with E-state index in [1.807, 2.05) is 12.1 Å². The van der Waals surface area contributed by atoms with Crippen LogP contribution in [0.25, 0.3) is 0 Å². The van der Waals surface area contributed by atoms with Crippen molar-refractivity contribution in [3.63, 3.8) is 0 Å². The number of halogens is 2. The smallest absolute Gasteiger partial charge is 0.261 e. The molecular weight excluding hydrogens is 401 g/mol. The SMILES string of the molecule is CC1CC1c1ccc(CN(C(=O)COc2ccc(Br)cc2F)C2CC2)o1. The van der Waals surface area contributed by atoms with Crippen molar-refractivity contribution in [3.8, 4) is 5.75 Å². The number of hydrogen-bond donors (Lipinski definition) is 0. The number of furan rings is 1. The number of nitrogens with zero attached hydrogens (tertiary/aromatic N) is 1. The Hall–Kier alpha value is -1.82. The van der Waals surface area contributed by atoms with Crippen LogP contribution < -0.4 is 4.74 Å². The zero-order valence-electron chi connectivity index (χ0n) is 14.6. The van der Waals surface area contributed by atoms with Gasteiger partial charge in [-0.2, -0.15) is 0 Å². The third-order valence-electron chi connectivity index (χ3n) is 5.04. The molecule has 4 rings (SSSR count). The van der Waals surface area contributed by atoms with Gasteiger partial charge in [0.15, 0.2) is 18.2 Å². The Balaban J connectivity index is 1.38. The van der Waals surface area contributed by atoms with Crippen LogP contribution in [0.4, 0.5) is 4.39 Å². The van der Waals surface area contributed by atoms with Gasteiger partial charge in [0, 0.05) is 16.4 Å². The fraction of sp³-hybridized carbons (Fsp3) is 0.450. The highest BCUT2D eigenvalue weighted by Crippen LogP contribution is 2.47. The standard InChI is InChI=1S/C20H21BrFNO3/c1-12-8-16(12)18-7-5-15(26-18)10-23(14-3-4-14)20(24)11-25-19-6-2-13(21)9-17(19)22/h2,5-7,9,12,14,16H,3-4,8,10-11H2,1H3. The predicted octanol–water partition coefficient (Wildman–Crippen LogP) is 4.87. The van der Waals surface area contributed by atoms with Crippen LogP contribution in [0.15, 0.2) is 39.2 Å². The molecule has 0 radical (unpaired) electrons. The topological polar surface area (TPSA) is 42.7 Å². The summed E-state index contributed by atoms with van der Waals surface area (Å²) in [5, 5.41) is 0. The number of benzene rings is 1. The summed E-state index contributed by atoms with van der Waals surface area (Å²) in [7, 11) is 0. The molecule has 2 atom stereocenters. The Kier molecular flexibility index (Phi) is 4.78. The van der Waals surface area contributed by atoms with Crippen molar-refractivity contribution in [1.29, 1.82) is 0 Å². The first-order chi connectivity index (χ1) is 12.5. The van der Waals surface area contributed by atoms with E-state index in [-0.39, 0.29) is 24.3 Å². The first kappa shape index (κ1) is 17.6. The third-order valence-corrected chi connectivity index (χ3v) is 5.53. The lowest BCUT2D eigenvalue weighted by Gasteiger charge is -2.21. The molecule has 1 aromatic heterocycles. The van der Waals surface area contributed by atoms with E-state index < -0.39 is 5.82 Å². The minimum absolute atomic E-state index is 0.0836. The quantitative estimate of drug-likeness (QED) is 0.639. The summed E-state index contributed by atoms with van der Waals surface area (Å²) in [6.45, 7) is 2.48. The average molecular weight is 422 g/mol. The molecule has 138 valence electrons. The Morgan fingerprint density at radius 1 is 1.35 bits per heavy atom. The Morgan fingerprint density at radius 3 is 2.77 bits per heavy atom. The van der Waals surface area contributed by atoms with Gasteiger partial charge in [-0.15, -0.1) is 0 Å². The van der Waals surface area contributed by atoms with Crippen LogP contribution in [0.3, 0.4) is 0 Å². The normalized spacial score (nSPS) is 21.5. The lowest BCUT2D eigenvalue weighted by atomic mass is 10.3. The van der Waals surface area contributed by atoms with Gasteiger partial charge in [-0.05, 0) is 55.5 Å². The fourth-order valence-corrected chi connectivity index (χ4v) is 3.52. The summed E-state index contributed by atoms with van der Waals surface area (Å²) in [5.74, 6) is 2.48. The molecule has 2 aliphatic rings. The zero-order chi connectivity index (χ0) is 18.3. The molecule has 0 aliphatic heterocycles. The molecule has 2 fully saturated rings. The first-order valence-electron chi connectivity index (χ1n) is 8.97. The molecule has 2 unspecified atom stereocenters. The van der Waals surface area contributed by atoms with Gasteiger partial charge >= 0.3 is 0 Å². The fourth-order valence-electron chi connectivity index (χ4n) is 3.19. The van der Waals surface area contributed by atoms with Crippen LogP contribution in [0.5, 0.6) is 5.75 Å². The van der Waals surface area contributed by atoms with E-state index >= 15 is 0 Å². The molecular formula is C20H21BrFNO3. The molecule has 0 saturated heterocycles. The maximum absolute atomic E-state index is 13.8. The molecule has 2 saturated carbocycles. The molecule has 0 N–H and O–H groups in total. The van der Waals surface area contributed by atoms with Crippen molar-refractivity contribution in [3.05, 3.63) is 52.1 Å². The van der Waals surface area contributed by atoms with E-state index in [2.05, 4.69) is 22.9 Å². The van der Waals surface area contributed by atoms with Crippen LogP contribution in [-0.2, 0) is 11.3 Å². The Morgan fingerprint density at radius 2 is 2.12 bits per heavy atom. The molecule has 1 amide bonds. The van der Waals surface area contributed by atoms with Gasteiger partial charge in [-0.25, -0.2) is 4.39 Å². The molecule has 1 aromatic carbocycles. The summed E-state index contributed by atoms with van der Waals surface area (Å²) in [6, 6.07) is 8.73. The molecule has 2 aliphatic carbocycles. The molecule has 26 heavy (non-hydrogen) atoms. The first-order valence-corrected chi connectivity index (χ1v) is 9.76. The molecule has 2 aromatic rings. The van der Waals surface area contributed by atoms with Crippen molar-refractivity contribution >= 4 is 21.8 Å². The van der Waals surface area contributed by atoms with Gasteiger partial charge in [0.1, 0.15) is 11.5 Å². The number of rotatable bonds is 7. The Bertz CT molecular complexity index is 817. The number of ether oxygens (including phenoxy) is 1. The van der Waals surface area contributed by atoms with Gasteiger partial charge in [-0.1, -0.05) is 22.9 Å². The summed E-state index contributed by atoms with van der Waals surface area (Å²) >= 11 is 3.20. The average Bonchev–Trinajstić information content (AvgIpc) is 3.52. The van der Waals surface area contributed by atoms with Crippen LogP contribution >= 0.6 is 15.9 Å². The largest absolute Gasteiger partial charge is 0.481 e. The van der Waals surface area contributed by atoms with Crippen molar-refractivity contribution in [2.45, 2.75) is 44.7 Å². The van der Waals surface area contributed by atoms with Gasteiger partial charge in [-0.3, -0.25) is 4.79 Å². The second-order valence-corrected chi connectivity index (χ2v) is 8.16. The highest BCUT2D eigenvalue weighted by atomic mass is 79.9. The van der Waals surface area contributed by atoms with Crippen LogP contribution in [0, 0.1) is 11.7 Å². The van der Waals surface area contributed by atoms with Gasteiger partial charge in [0.25, 0.3) is 5.91 Å². The molecule has 0 bridgehead atoms.